The topological polar surface area (TPSA) is 84.7 Å². The molecule has 0 bridgehead atoms. The van der Waals surface area contributed by atoms with Crippen molar-refractivity contribution in [3.05, 3.63) is 23.8 Å². The van der Waals surface area contributed by atoms with Crippen LogP contribution in [0, 0.1) is 0 Å². The number of amides is 1. The van der Waals surface area contributed by atoms with Gasteiger partial charge in [0, 0.05) is 33.3 Å². The first kappa shape index (κ1) is 15.8. The second-order valence-electron chi connectivity index (χ2n) is 4.58. The van der Waals surface area contributed by atoms with Gasteiger partial charge in [0.2, 0.25) is 5.91 Å². The fourth-order valence-electron chi connectivity index (χ4n) is 1.71. The number of nitrogens with one attached hydrogen (secondary N) is 1. The van der Waals surface area contributed by atoms with Crippen molar-refractivity contribution in [3.8, 4) is 0 Å². The molecule has 0 aliphatic rings. The third-order valence-corrected chi connectivity index (χ3v) is 2.78. The molecule has 0 atom stereocenters. The maximum atomic E-state index is 12.0. The van der Waals surface area contributed by atoms with E-state index in [4.69, 9.17) is 10.5 Å². The van der Waals surface area contributed by atoms with Gasteiger partial charge in [0.25, 0.3) is 0 Å². The van der Waals surface area contributed by atoms with Gasteiger partial charge in [0.05, 0.1) is 17.9 Å². The Morgan fingerprint density at radius 2 is 2.05 bits per heavy atom. The minimum Gasteiger partial charge on any atom is -0.462 e. The van der Waals surface area contributed by atoms with Gasteiger partial charge >= 0.3 is 5.97 Å². The number of nitrogens with zero attached hydrogens (tertiary/aromatic N) is 1. The zero-order chi connectivity index (χ0) is 15.1. The van der Waals surface area contributed by atoms with Crippen LogP contribution < -0.4 is 16.0 Å². The number of benzene rings is 1. The molecule has 0 aromatic heterocycles. The summed E-state index contributed by atoms with van der Waals surface area (Å²) in [7, 11) is 5.26. The van der Waals surface area contributed by atoms with E-state index >= 15 is 0 Å². The lowest BCUT2D eigenvalue weighted by Crippen LogP contribution is -2.19. The number of hydrogen-bond donors (Lipinski definition) is 2. The van der Waals surface area contributed by atoms with Crippen LogP contribution in [-0.4, -0.2) is 39.6 Å². The van der Waals surface area contributed by atoms with Crippen LogP contribution in [0.2, 0.25) is 0 Å². The Morgan fingerprint density at radius 3 is 2.65 bits per heavy atom. The zero-order valence-electron chi connectivity index (χ0n) is 12.1. The SMILES string of the molecule is CNC(=O)CCCOC(=O)c1cc(N)ccc1N(C)C. The lowest BCUT2D eigenvalue weighted by Gasteiger charge is -2.17. The molecule has 1 rings (SSSR count). The molecule has 6 nitrogen and oxygen atoms in total. The Hall–Kier alpha value is -2.24. The van der Waals surface area contributed by atoms with Crippen LogP contribution in [0.1, 0.15) is 23.2 Å². The number of carbonyl (C=O) groups excluding carboxylic acids is 2. The molecule has 1 aromatic carbocycles. The van der Waals surface area contributed by atoms with Crippen molar-refractivity contribution < 1.29 is 14.3 Å². The first-order valence-electron chi connectivity index (χ1n) is 6.40. The fourth-order valence-corrected chi connectivity index (χ4v) is 1.71. The highest BCUT2D eigenvalue weighted by atomic mass is 16.5. The predicted molar refractivity (Wildman–Crippen MR) is 78.8 cm³/mol. The Bertz CT molecular complexity index is 487. The molecule has 1 aromatic rings. The summed E-state index contributed by atoms with van der Waals surface area (Å²) in [5.74, 6) is -0.503. The number of hydrogen-bond acceptors (Lipinski definition) is 5. The van der Waals surface area contributed by atoms with E-state index < -0.39 is 5.97 Å². The number of carbonyl (C=O) groups is 2. The summed E-state index contributed by atoms with van der Waals surface area (Å²) in [6, 6.07) is 5.10. The molecule has 0 aliphatic carbocycles. The van der Waals surface area contributed by atoms with E-state index in [-0.39, 0.29) is 12.5 Å². The summed E-state index contributed by atoms with van der Waals surface area (Å²) >= 11 is 0. The normalized spacial score (nSPS) is 9.95. The Kier molecular flexibility index (Phi) is 5.83. The van der Waals surface area contributed by atoms with Gasteiger partial charge in [0.15, 0.2) is 0 Å². The average Bonchev–Trinajstić information content (AvgIpc) is 2.42. The molecule has 110 valence electrons. The van der Waals surface area contributed by atoms with Crippen LogP contribution in [-0.2, 0) is 9.53 Å². The highest BCUT2D eigenvalue weighted by Gasteiger charge is 2.14. The molecule has 0 spiro atoms. The van der Waals surface area contributed by atoms with E-state index in [1.165, 1.54) is 0 Å². The predicted octanol–water partition coefficient (Wildman–Crippen LogP) is 1.02. The molecule has 0 unspecified atom stereocenters. The number of anilines is 2. The number of esters is 1. The van der Waals surface area contributed by atoms with Crippen LogP contribution in [0.15, 0.2) is 18.2 Å². The third kappa shape index (κ3) is 4.46. The summed E-state index contributed by atoms with van der Waals surface area (Å²) in [4.78, 5) is 24.9. The quantitative estimate of drug-likeness (QED) is 0.461. The molecule has 0 radical (unpaired) electrons. The van der Waals surface area contributed by atoms with Crippen LogP contribution in [0.3, 0.4) is 0 Å². The average molecular weight is 279 g/mol. The molecule has 3 N–H and O–H groups in total. The van der Waals surface area contributed by atoms with Gasteiger partial charge in [-0.15, -0.1) is 0 Å². The first-order chi connectivity index (χ1) is 9.45. The van der Waals surface area contributed by atoms with E-state index in [0.717, 1.165) is 5.69 Å². The van der Waals surface area contributed by atoms with Crippen molar-refractivity contribution in [1.82, 2.24) is 5.32 Å². The van der Waals surface area contributed by atoms with Gasteiger partial charge in [-0.3, -0.25) is 4.79 Å². The van der Waals surface area contributed by atoms with Gasteiger partial charge in [-0.25, -0.2) is 4.79 Å². The van der Waals surface area contributed by atoms with E-state index in [2.05, 4.69) is 5.32 Å². The van der Waals surface area contributed by atoms with Crippen LogP contribution in [0.25, 0.3) is 0 Å². The summed E-state index contributed by atoms with van der Waals surface area (Å²) in [5.41, 5.74) is 7.38. The number of nitrogen functional groups attached to an aromatic ring is 1. The summed E-state index contributed by atoms with van der Waals surface area (Å²) in [6.07, 6.45) is 0.826. The molecular formula is C14H21N3O3. The molecule has 1 amide bonds. The van der Waals surface area contributed by atoms with E-state index in [1.54, 1.807) is 25.2 Å². The van der Waals surface area contributed by atoms with Crippen molar-refractivity contribution >= 4 is 23.3 Å². The molecule has 20 heavy (non-hydrogen) atoms. The second-order valence-corrected chi connectivity index (χ2v) is 4.58. The molecular weight excluding hydrogens is 258 g/mol. The van der Waals surface area contributed by atoms with Crippen molar-refractivity contribution in [3.63, 3.8) is 0 Å². The Morgan fingerprint density at radius 1 is 1.35 bits per heavy atom. The summed E-state index contributed by atoms with van der Waals surface area (Å²) in [6.45, 7) is 0.202. The van der Waals surface area contributed by atoms with Crippen molar-refractivity contribution in [2.24, 2.45) is 0 Å². The maximum Gasteiger partial charge on any atom is 0.340 e. The summed E-state index contributed by atoms with van der Waals surface area (Å²) in [5, 5.41) is 2.51. The van der Waals surface area contributed by atoms with Crippen molar-refractivity contribution in [2.45, 2.75) is 12.8 Å². The third-order valence-electron chi connectivity index (χ3n) is 2.78. The molecule has 0 heterocycles. The molecule has 0 saturated heterocycles. The molecule has 6 heteroatoms. The second kappa shape index (κ2) is 7.37. The van der Waals surface area contributed by atoms with Crippen molar-refractivity contribution in [1.29, 1.82) is 0 Å². The minimum absolute atomic E-state index is 0.0704. The van der Waals surface area contributed by atoms with Gasteiger partial charge in [0.1, 0.15) is 0 Å². The lowest BCUT2D eigenvalue weighted by atomic mass is 10.1. The van der Waals surface area contributed by atoms with E-state index in [9.17, 15) is 9.59 Å². The number of ether oxygens (including phenoxy) is 1. The summed E-state index contributed by atoms with van der Waals surface area (Å²) < 4.78 is 5.17. The number of nitrogens with two attached hydrogens (primary N) is 1. The standard InChI is InChI=1S/C14H21N3O3/c1-16-13(18)5-4-8-20-14(19)11-9-10(15)6-7-12(11)17(2)3/h6-7,9H,4-5,8,15H2,1-3H3,(H,16,18). The van der Waals surface area contributed by atoms with Crippen LogP contribution in [0.4, 0.5) is 11.4 Å². The van der Waals surface area contributed by atoms with E-state index in [1.807, 2.05) is 19.0 Å². The highest BCUT2D eigenvalue weighted by molar-refractivity contribution is 5.96. The monoisotopic (exact) mass is 279 g/mol. The zero-order valence-corrected chi connectivity index (χ0v) is 12.1. The maximum absolute atomic E-state index is 12.0. The smallest absolute Gasteiger partial charge is 0.340 e. The fraction of sp³-hybridized carbons (Fsp3) is 0.429. The molecule has 0 saturated carbocycles. The van der Waals surface area contributed by atoms with Crippen LogP contribution in [0.5, 0.6) is 0 Å². The van der Waals surface area contributed by atoms with Crippen LogP contribution >= 0.6 is 0 Å². The van der Waals surface area contributed by atoms with Gasteiger partial charge < -0.3 is 20.7 Å². The van der Waals surface area contributed by atoms with Crippen molar-refractivity contribution in [2.75, 3.05) is 38.4 Å². The molecule has 0 aliphatic heterocycles. The van der Waals surface area contributed by atoms with E-state index in [0.29, 0.717) is 24.1 Å². The van der Waals surface area contributed by atoms with Gasteiger partial charge in [-0.2, -0.15) is 0 Å². The Balaban J connectivity index is 2.63. The van der Waals surface area contributed by atoms with Gasteiger partial charge in [-0.05, 0) is 24.6 Å². The van der Waals surface area contributed by atoms with Gasteiger partial charge in [-0.1, -0.05) is 0 Å². The first-order valence-corrected chi connectivity index (χ1v) is 6.40. The highest BCUT2D eigenvalue weighted by Crippen LogP contribution is 2.22. The molecule has 0 fully saturated rings. The number of rotatable bonds is 6. The minimum atomic E-state index is -0.432. The lowest BCUT2D eigenvalue weighted by molar-refractivity contribution is -0.120. The largest absolute Gasteiger partial charge is 0.462 e. The Labute approximate surface area is 118 Å².